The predicted molar refractivity (Wildman–Crippen MR) is 123 cm³/mol. The van der Waals surface area contributed by atoms with E-state index >= 15 is 0 Å². The lowest BCUT2D eigenvalue weighted by Crippen LogP contribution is -2.21. The molecule has 1 saturated heterocycles. The van der Waals surface area contributed by atoms with Crippen molar-refractivity contribution in [1.82, 2.24) is 0 Å². The fourth-order valence-electron chi connectivity index (χ4n) is 4.10. The molecule has 1 N–H and O–H groups in total. The van der Waals surface area contributed by atoms with Crippen molar-refractivity contribution in [2.45, 2.75) is 26.4 Å². The third-order valence-corrected chi connectivity index (χ3v) is 5.66. The molecule has 3 rings (SSSR count). The second-order valence-electron chi connectivity index (χ2n) is 7.21. The fraction of sp³-hybridized carbons (Fsp3) is 0.520. The Labute approximate surface area is 191 Å². The molecule has 1 heterocycles. The van der Waals surface area contributed by atoms with E-state index in [1.807, 2.05) is 44.2 Å². The molecule has 3 atom stereocenters. The number of rotatable bonds is 9. The van der Waals surface area contributed by atoms with Gasteiger partial charge in [-0.15, -0.1) is 0 Å². The van der Waals surface area contributed by atoms with Gasteiger partial charge in [0, 0.05) is 12.5 Å². The van der Waals surface area contributed by atoms with Crippen LogP contribution >= 0.6 is 0 Å². The molecule has 0 aromatic heterocycles. The molecule has 2 aromatic rings. The second kappa shape index (κ2) is 12.4. The summed E-state index contributed by atoms with van der Waals surface area (Å²) in [6.07, 6.45) is 0.487. The van der Waals surface area contributed by atoms with Crippen molar-refractivity contribution >= 4 is 0 Å². The van der Waals surface area contributed by atoms with Gasteiger partial charge in [0.05, 0.1) is 48.3 Å². The average Bonchev–Trinajstić information content (AvgIpc) is 3.26. The number of ether oxygens (including phenoxy) is 6. The van der Waals surface area contributed by atoms with E-state index in [9.17, 15) is 5.11 Å². The maximum absolute atomic E-state index is 10.2. The Hall–Kier alpha value is -2.64. The van der Waals surface area contributed by atoms with E-state index in [-0.39, 0.29) is 24.5 Å². The first-order valence-electron chi connectivity index (χ1n) is 10.8. The largest absolute Gasteiger partial charge is 0.493 e. The summed E-state index contributed by atoms with van der Waals surface area (Å²) in [5, 5.41) is 10.2. The highest BCUT2D eigenvalue weighted by Gasteiger charge is 2.38. The molecule has 7 nitrogen and oxygen atoms in total. The third kappa shape index (κ3) is 5.40. The van der Waals surface area contributed by atoms with Crippen molar-refractivity contribution in [2.75, 3.05) is 48.8 Å². The van der Waals surface area contributed by atoms with Crippen LogP contribution in [0.4, 0.5) is 0 Å². The maximum Gasteiger partial charge on any atom is 0.203 e. The Morgan fingerprint density at radius 3 is 1.91 bits per heavy atom. The van der Waals surface area contributed by atoms with Crippen LogP contribution in [0.15, 0.2) is 30.3 Å². The molecule has 178 valence electrons. The summed E-state index contributed by atoms with van der Waals surface area (Å²) in [5.74, 6) is 3.13. The van der Waals surface area contributed by atoms with Gasteiger partial charge in [-0.05, 0) is 47.7 Å². The summed E-state index contributed by atoms with van der Waals surface area (Å²) in [7, 11) is 7.98. The fourth-order valence-corrected chi connectivity index (χ4v) is 4.10. The van der Waals surface area contributed by atoms with Crippen LogP contribution in [0, 0.1) is 11.8 Å². The Bertz CT molecular complexity index is 827. The molecule has 2 aromatic carbocycles. The minimum absolute atomic E-state index is 0.0132. The van der Waals surface area contributed by atoms with E-state index < -0.39 is 0 Å². The number of hydrogen-bond donors (Lipinski definition) is 1. The smallest absolute Gasteiger partial charge is 0.203 e. The standard InChI is InChI=1S/C23H30O7.C2H6/c1-25-18-7-6-14(9-19(18)26-2)8-16-13-30-22(17(16)12-24)15-10-20(27-3)23(29-5)21(11-15)28-4;1-2/h6-7,9-11,16-17,22,24H,8,12-13H2,1-5H3;1-2H3/t16-,17-,22+;/m0./s1. The molecule has 0 aliphatic carbocycles. The summed E-state index contributed by atoms with van der Waals surface area (Å²) < 4.78 is 33.2. The summed E-state index contributed by atoms with van der Waals surface area (Å²) in [5.41, 5.74) is 1.99. The highest BCUT2D eigenvalue weighted by atomic mass is 16.5. The number of aliphatic hydroxyl groups excluding tert-OH is 1. The van der Waals surface area contributed by atoms with Crippen molar-refractivity contribution in [1.29, 1.82) is 0 Å². The SMILES string of the molecule is CC.COc1ccc(C[C@H]2CO[C@H](c3cc(OC)c(OC)c(OC)c3)[C@H]2CO)cc1OC. The summed E-state index contributed by atoms with van der Waals surface area (Å²) in [6.45, 7) is 4.56. The molecule has 0 spiro atoms. The monoisotopic (exact) mass is 448 g/mol. The van der Waals surface area contributed by atoms with Crippen molar-refractivity contribution in [3.05, 3.63) is 41.5 Å². The van der Waals surface area contributed by atoms with Crippen LogP contribution in [0.3, 0.4) is 0 Å². The number of methoxy groups -OCH3 is 5. The molecule has 1 fully saturated rings. The minimum atomic E-state index is -0.270. The summed E-state index contributed by atoms with van der Waals surface area (Å²) in [6, 6.07) is 9.65. The number of aliphatic hydroxyl groups is 1. The second-order valence-corrected chi connectivity index (χ2v) is 7.21. The van der Waals surface area contributed by atoms with E-state index in [4.69, 9.17) is 28.4 Å². The van der Waals surface area contributed by atoms with Crippen LogP contribution in [-0.2, 0) is 11.2 Å². The number of hydrogen-bond acceptors (Lipinski definition) is 7. The molecule has 0 radical (unpaired) electrons. The van der Waals surface area contributed by atoms with Gasteiger partial charge in [0.15, 0.2) is 23.0 Å². The van der Waals surface area contributed by atoms with Crippen LogP contribution in [0.25, 0.3) is 0 Å². The average molecular weight is 449 g/mol. The lowest BCUT2D eigenvalue weighted by molar-refractivity contribution is 0.0715. The van der Waals surface area contributed by atoms with E-state index in [0.29, 0.717) is 35.4 Å². The van der Waals surface area contributed by atoms with Crippen LogP contribution in [0.1, 0.15) is 31.1 Å². The first-order chi connectivity index (χ1) is 15.6. The summed E-state index contributed by atoms with van der Waals surface area (Å²) >= 11 is 0. The van der Waals surface area contributed by atoms with Crippen LogP contribution in [0.2, 0.25) is 0 Å². The Balaban J connectivity index is 0.00000176. The highest BCUT2D eigenvalue weighted by molar-refractivity contribution is 5.54. The van der Waals surface area contributed by atoms with Crippen molar-refractivity contribution < 1.29 is 33.5 Å². The lowest BCUT2D eigenvalue weighted by atomic mass is 9.84. The Morgan fingerprint density at radius 1 is 0.812 bits per heavy atom. The van der Waals surface area contributed by atoms with Gasteiger partial charge in [-0.3, -0.25) is 0 Å². The van der Waals surface area contributed by atoms with Crippen LogP contribution < -0.4 is 23.7 Å². The first kappa shape index (κ1) is 25.6. The van der Waals surface area contributed by atoms with Gasteiger partial charge in [0.1, 0.15) is 0 Å². The van der Waals surface area contributed by atoms with Crippen molar-refractivity contribution in [3.63, 3.8) is 0 Å². The molecular weight excluding hydrogens is 412 g/mol. The molecule has 1 aliphatic heterocycles. The number of benzene rings is 2. The molecule has 0 amide bonds. The van der Waals surface area contributed by atoms with Gasteiger partial charge < -0.3 is 33.5 Å². The quantitative estimate of drug-likeness (QED) is 0.613. The van der Waals surface area contributed by atoms with E-state index in [0.717, 1.165) is 17.5 Å². The zero-order valence-electron chi connectivity index (χ0n) is 20.1. The van der Waals surface area contributed by atoms with Gasteiger partial charge >= 0.3 is 0 Å². The van der Waals surface area contributed by atoms with Gasteiger partial charge in [0.2, 0.25) is 5.75 Å². The predicted octanol–water partition coefficient (Wildman–Crippen LogP) is 4.29. The van der Waals surface area contributed by atoms with Crippen LogP contribution in [0.5, 0.6) is 28.7 Å². The molecule has 1 aliphatic rings. The molecule has 7 heteroatoms. The zero-order chi connectivity index (χ0) is 23.7. The highest BCUT2D eigenvalue weighted by Crippen LogP contribution is 2.46. The first-order valence-corrected chi connectivity index (χ1v) is 10.8. The Kier molecular flexibility index (Phi) is 9.94. The van der Waals surface area contributed by atoms with E-state index in [1.54, 1.807) is 35.5 Å². The van der Waals surface area contributed by atoms with Crippen molar-refractivity contribution in [2.24, 2.45) is 11.8 Å². The van der Waals surface area contributed by atoms with Crippen LogP contribution in [-0.4, -0.2) is 53.9 Å². The minimum Gasteiger partial charge on any atom is -0.493 e. The molecule has 0 unspecified atom stereocenters. The molecule has 0 saturated carbocycles. The topological polar surface area (TPSA) is 75.6 Å². The van der Waals surface area contributed by atoms with Gasteiger partial charge in [-0.2, -0.15) is 0 Å². The van der Waals surface area contributed by atoms with Crippen molar-refractivity contribution in [3.8, 4) is 28.7 Å². The van der Waals surface area contributed by atoms with Gasteiger partial charge in [0.25, 0.3) is 0 Å². The lowest BCUT2D eigenvalue weighted by Gasteiger charge is -2.23. The maximum atomic E-state index is 10.2. The molecule has 0 bridgehead atoms. The van der Waals surface area contributed by atoms with Gasteiger partial charge in [-0.25, -0.2) is 0 Å². The zero-order valence-corrected chi connectivity index (χ0v) is 20.1. The summed E-state index contributed by atoms with van der Waals surface area (Å²) in [4.78, 5) is 0. The van der Waals surface area contributed by atoms with Gasteiger partial charge in [-0.1, -0.05) is 19.9 Å². The van der Waals surface area contributed by atoms with E-state index in [2.05, 4.69) is 0 Å². The third-order valence-electron chi connectivity index (χ3n) is 5.66. The molecule has 32 heavy (non-hydrogen) atoms. The molecular formula is C25H36O7. The normalized spacial score (nSPS) is 19.6. The Morgan fingerprint density at radius 2 is 1.41 bits per heavy atom. The van der Waals surface area contributed by atoms with E-state index in [1.165, 1.54) is 0 Å².